The first kappa shape index (κ1) is 24.9. The standard InChI is InChI=1S/C27H24FN3O5S2/c1-30-14-19(15-6-9-21(34-2)22(11-15)35-3)27(24(33)31(25(37)38-27)13-17-5-4-10-36-17)26(30)18-12-16(28)7-8-20(18)29-23(26)32/h4-12,19H,13-14H2,1-3H3,(H,29,32)/t19-,26-,27-/m0/s1. The number of fused-ring (bicyclic) bond motifs is 3. The van der Waals surface area contributed by atoms with Crippen molar-refractivity contribution in [2.24, 2.45) is 0 Å². The van der Waals surface area contributed by atoms with Gasteiger partial charge in [-0.1, -0.05) is 30.0 Å². The number of halogens is 1. The van der Waals surface area contributed by atoms with Crippen molar-refractivity contribution in [3.8, 4) is 11.5 Å². The molecule has 0 bridgehead atoms. The van der Waals surface area contributed by atoms with Crippen molar-refractivity contribution in [2.45, 2.75) is 22.7 Å². The van der Waals surface area contributed by atoms with Crippen LogP contribution in [0.25, 0.3) is 0 Å². The number of methoxy groups -OCH3 is 2. The van der Waals surface area contributed by atoms with Crippen LogP contribution in [0, 0.1) is 5.82 Å². The number of nitrogens with one attached hydrogen (secondary N) is 1. The van der Waals surface area contributed by atoms with Crippen LogP contribution in [-0.2, 0) is 21.7 Å². The van der Waals surface area contributed by atoms with Crippen LogP contribution in [0.4, 0.5) is 10.1 Å². The molecule has 38 heavy (non-hydrogen) atoms. The predicted molar refractivity (Wildman–Crippen MR) is 144 cm³/mol. The average molecular weight is 554 g/mol. The molecular weight excluding hydrogens is 529 g/mol. The number of ether oxygens (including phenoxy) is 2. The summed E-state index contributed by atoms with van der Waals surface area (Å²) in [5.74, 6) is -0.141. The SMILES string of the molecule is COc1ccc([C@@H]2CN(C)[C@@]3(C(=O)Nc4ccc(F)cc43)[C@]23SC(=S)N(Cc2ccco2)C3=O)cc1OC. The fourth-order valence-corrected chi connectivity index (χ4v) is 8.29. The normalized spacial score (nSPS) is 26.5. The van der Waals surface area contributed by atoms with Gasteiger partial charge in [-0.15, -0.1) is 0 Å². The molecule has 11 heteroatoms. The zero-order valence-electron chi connectivity index (χ0n) is 20.8. The number of nitrogens with zero attached hydrogens (tertiary/aromatic N) is 2. The zero-order valence-corrected chi connectivity index (χ0v) is 22.5. The van der Waals surface area contributed by atoms with E-state index in [9.17, 15) is 14.0 Å². The number of carbonyl (C=O) groups is 2. The fraction of sp³-hybridized carbons (Fsp3) is 0.296. The van der Waals surface area contributed by atoms with Crippen LogP contribution in [0.5, 0.6) is 11.5 Å². The number of carbonyl (C=O) groups excluding carboxylic acids is 2. The number of rotatable bonds is 5. The third-order valence-corrected chi connectivity index (χ3v) is 9.68. The van der Waals surface area contributed by atoms with Gasteiger partial charge in [0.15, 0.2) is 17.0 Å². The summed E-state index contributed by atoms with van der Waals surface area (Å²) in [5, 5.41) is 2.91. The molecule has 3 aromatic rings. The van der Waals surface area contributed by atoms with Crippen molar-refractivity contribution in [3.63, 3.8) is 0 Å². The van der Waals surface area contributed by atoms with Crippen LogP contribution in [0.1, 0.15) is 22.8 Å². The molecule has 0 aliphatic carbocycles. The Kier molecular flexibility index (Phi) is 5.78. The molecule has 2 amide bonds. The van der Waals surface area contributed by atoms with Crippen LogP contribution in [0.3, 0.4) is 0 Å². The van der Waals surface area contributed by atoms with Crippen LogP contribution in [0.2, 0.25) is 0 Å². The highest BCUT2D eigenvalue weighted by molar-refractivity contribution is 8.25. The molecule has 4 heterocycles. The van der Waals surface area contributed by atoms with Crippen molar-refractivity contribution in [1.29, 1.82) is 0 Å². The predicted octanol–water partition coefficient (Wildman–Crippen LogP) is 4.11. The molecule has 2 saturated heterocycles. The van der Waals surface area contributed by atoms with E-state index in [0.717, 1.165) is 5.56 Å². The molecule has 3 atom stereocenters. The summed E-state index contributed by atoms with van der Waals surface area (Å²) in [7, 11) is 4.87. The van der Waals surface area contributed by atoms with Gasteiger partial charge < -0.3 is 19.2 Å². The Morgan fingerprint density at radius 3 is 2.66 bits per heavy atom. The fourth-order valence-electron chi connectivity index (χ4n) is 6.16. The second-order valence-corrected chi connectivity index (χ2v) is 11.4. The summed E-state index contributed by atoms with van der Waals surface area (Å²) in [6, 6.07) is 13.1. The Balaban J connectivity index is 1.59. The lowest BCUT2D eigenvalue weighted by molar-refractivity contribution is -0.138. The van der Waals surface area contributed by atoms with Gasteiger partial charge in [0.05, 0.1) is 27.0 Å². The summed E-state index contributed by atoms with van der Waals surface area (Å²) in [6.45, 7) is 0.449. The van der Waals surface area contributed by atoms with Gasteiger partial charge in [-0.2, -0.15) is 0 Å². The van der Waals surface area contributed by atoms with E-state index in [1.54, 1.807) is 39.5 Å². The minimum atomic E-state index is -1.52. The molecule has 1 aromatic heterocycles. The second-order valence-electron chi connectivity index (χ2n) is 9.48. The largest absolute Gasteiger partial charge is 0.493 e. The van der Waals surface area contributed by atoms with E-state index in [0.29, 0.717) is 39.4 Å². The van der Waals surface area contributed by atoms with Gasteiger partial charge in [-0.25, -0.2) is 4.39 Å². The molecule has 6 rings (SSSR count). The van der Waals surface area contributed by atoms with Gasteiger partial charge >= 0.3 is 0 Å². The molecule has 2 aromatic carbocycles. The highest BCUT2D eigenvalue weighted by atomic mass is 32.2. The van der Waals surface area contributed by atoms with Crippen molar-refractivity contribution in [1.82, 2.24) is 9.80 Å². The Morgan fingerprint density at radius 1 is 1.16 bits per heavy atom. The lowest BCUT2D eigenvalue weighted by Crippen LogP contribution is -2.61. The molecule has 2 fully saturated rings. The summed E-state index contributed by atoms with van der Waals surface area (Å²) in [6.07, 6.45) is 1.53. The smallest absolute Gasteiger partial charge is 0.251 e. The third kappa shape index (κ3) is 3.15. The maximum atomic E-state index is 14.7. The number of thioether (sulfide) groups is 1. The van der Waals surface area contributed by atoms with Crippen molar-refractivity contribution < 1.29 is 27.9 Å². The van der Waals surface area contributed by atoms with Crippen LogP contribution >= 0.6 is 24.0 Å². The molecule has 0 saturated carbocycles. The van der Waals surface area contributed by atoms with E-state index in [4.69, 9.17) is 26.1 Å². The number of likely N-dealkylation sites (tertiary alicyclic amines) is 1. The summed E-state index contributed by atoms with van der Waals surface area (Å²) >= 11 is 6.95. The van der Waals surface area contributed by atoms with Gasteiger partial charge in [0.1, 0.15) is 20.6 Å². The Hall–Kier alpha value is -3.41. The number of furan rings is 1. The van der Waals surface area contributed by atoms with Gasteiger partial charge in [0.2, 0.25) is 5.91 Å². The average Bonchev–Trinajstić information content (AvgIpc) is 3.64. The van der Waals surface area contributed by atoms with Crippen LogP contribution < -0.4 is 14.8 Å². The maximum Gasteiger partial charge on any atom is 0.251 e. The molecule has 3 aliphatic heterocycles. The zero-order chi connectivity index (χ0) is 26.8. The summed E-state index contributed by atoms with van der Waals surface area (Å²) in [4.78, 5) is 32.1. The van der Waals surface area contributed by atoms with E-state index in [1.807, 2.05) is 17.0 Å². The van der Waals surface area contributed by atoms with Crippen molar-refractivity contribution >= 4 is 45.8 Å². The van der Waals surface area contributed by atoms with E-state index < -0.39 is 27.9 Å². The minimum Gasteiger partial charge on any atom is -0.493 e. The first-order valence-electron chi connectivity index (χ1n) is 11.9. The van der Waals surface area contributed by atoms with E-state index in [2.05, 4.69) is 5.32 Å². The van der Waals surface area contributed by atoms with Gasteiger partial charge in [-0.05, 0) is 55.1 Å². The highest BCUT2D eigenvalue weighted by Gasteiger charge is 2.77. The highest BCUT2D eigenvalue weighted by Crippen LogP contribution is 2.66. The molecular formula is C27H24FN3O5S2. The molecule has 1 N–H and O–H groups in total. The topological polar surface area (TPSA) is 84.3 Å². The Morgan fingerprint density at radius 2 is 1.95 bits per heavy atom. The number of hydrogen-bond donors (Lipinski definition) is 1. The van der Waals surface area contributed by atoms with Crippen LogP contribution in [0.15, 0.2) is 59.2 Å². The number of benzene rings is 2. The molecule has 3 aliphatic rings. The molecule has 2 spiro atoms. The van der Waals surface area contributed by atoms with Crippen molar-refractivity contribution in [2.75, 3.05) is 33.1 Å². The number of hydrogen-bond acceptors (Lipinski definition) is 8. The number of thiocarbonyl (C=S) groups is 1. The molecule has 8 nitrogen and oxygen atoms in total. The minimum absolute atomic E-state index is 0.121. The molecule has 0 unspecified atom stereocenters. The van der Waals surface area contributed by atoms with E-state index >= 15 is 0 Å². The summed E-state index contributed by atoms with van der Waals surface area (Å²) in [5.41, 5.74) is 0.134. The third-order valence-electron chi connectivity index (χ3n) is 7.74. The molecule has 0 radical (unpaired) electrons. The Labute approximate surface area is 228 Å². The van der Waals surface area contributed by atoms with Crippen LogP contribution in [-0.4, -0.2) is 58.5 Å². The van der Waals surface area contributed by atoms with E-state index in [-0.39, 0.29) is 12.5 Å². The van der Waals surface area contributed by atoms with Gasteiger partial charge in [0, 0.05) is 23.7 Å². The number of likely N-dealkylation sites (N-methyl/N-ethyl adjacent to an activating group) is 1. The van der Waals surface area contributed by atoms with E-state index in [1.165, 1.54) is 41.1 Å². The monoisotopic (exact) mass is 553 g/mol. The molecule has 196 valence electrons. The first-order chi connectivity index (χ1) is 18.3. The number of anilines is 1. The summed E-state index contributed by atoms with van der Waals surface area (Å²) < 4.78 is 30.1. The second kappa shape index (κ2) is 8.82. The lowest BCUT2D eigenvalue weighted by Gasteiger charge is -2.41. The van der Waals surface area contributed by atoms with Gasteiger partial charge in [-0.3, -0.25) is 19.4 Å². The van der Waals surface area contributed by atoms with Crippen molar-refractivity contribution in [3.05, 3.63) is 77.5 Å². The number of amides is 2. The quantitative estimate of drug-likeness (QED) is 0.473. The Bertz CT molecular complexity index is 1480. The first-order valence-corrected chi connectivity index (χ1v) is 13.1. The lowest BCUT2D eigenvalue weighted by atomic mass is 9.72. The van der Waals surface area contributed by atoms with Gasteiger partial charge in [0.25, 0.3) is 5.91 Å². The maximum absolute atomic E-state index is 14.7.